The predicted molar refractivity (Wildman–Crippen MR) is 80.0 cm³/mol. The van der Waals surface area contributed by atoms with Gasteiger partial charge in [0.15, 0.2) is 0 Å². The summed E-state index contributed by atoms with van der Waals surface area (Å²) in [6.45, 7) is 6.73. The molecule has 0 fully saturated rings. The molecule has 1 atom stereocenters. The topological polar surface area (TPSA) is 0 Å². The van der Waals surface area contributed by atoms with E-state index in [4.69, 9.17) is 0 Å². The molecule has 2 aromatic carbocycles. The summed E-state index contributed by atoms with van der Waals surface area (Å²) in [4.78, 5) is 0. The van der Waals surface area contributed by atoms with Crippen molar-refractivity contribution >= 4 is 0 Å². The molecule has 0 nitrogen and oxygen atoms in total. The van der Waals surface area contributed by atoms with Crippen molar-refractivity contribution in [3.63, 3.8) is 0 Å². The number of hydrogen-bond acceptors (Lipinski definition) is 0. The van der Waals surface area contributed by atoms with Crippen LogP contribution >= 0.6 is 0 Å². The highest BCUT2D eigenvalue weighted by atomic mass is 14.1. The summed E-state index contributed by atoms with van der Waals surface area (Å²) in [5.74, 6) is 0.639. The third-order valence-corrected chi connectivity index (χ3v) is 3.76. The number of benzene rings is 2. The quantitative estimate of drug-likeness (QED) is 0.666. The monoisotopic (exact) mass is 238 g/mol. The van der Waals surface area contributed by atoms with Gasteiger partial charge in [-0.1, -0.05) is 69.3 Å². The van der Waals surface area contributed by atoms with Crippen LogP contribution in [0.25, 0.3) is 11.1 Å². The number of rotatable bonds is 4. The Balaban J connectivity index is 2.32. The molecule has 18 heavy (non-hydrogen) atoms. The van der Waals surface area contributed by atoms with Gasteiger partial charge >= 0.3 is 0 Å². The largest absolute Gasteiger partial charge is 0.0648 e. The molecule has 0 aliphatic heterocycles. The second kappa shape index (κ2) is 5.86. The van der Waals surface area contributed by atoms with E-state index in [1.165, 1.54) is 28.7 Å². The molecule has 0 aliphatic rings. The summed E-state index contributed by atoms with van der Waals surface area (Å²) in [6, 6.07) is 17.9. The normalized spacial score (nSPS) is 12.4. The molecule has 2 aromatic rings. The molecule has 1 unspecified atom stereocenters. The van der Waals surface area contributed by atoms with Crippen molar-refractivity contribution in [1.29, 1.82) is 0 Å². The van der Waals surface area contributed by atoms with Gasteiger partial charge in [-0.3, -0.25) is 0 Å². The Morgan fingerprint density at radius 1 is 0.889 bits per heavy atom. The fraction of sp³-hybridized carbons (Fsp3) is 0.333. The van der Waals surface area contributed by atoms with Crippen LogP contribution < -0.4 is 0 Å². The van der Waals surface area contributed by atoms with Crippen molar-refractivity contribution in [2.24, 2.45) is 0 Å². The van der Waals surface area contributed by atoms with E-state index in [1.54, 1.807) is 0 Å². The average molecular weight is 238 g/mol. The fourth-order valence-corrected chi connectivity index (χ4v) is 2.19. The van der Waals surface area contributed by atoms with Crippen molar-refractivity contribution in [3.8, 4) is 11.1 Å². The summed E-state index contributed by atoms with van der Waals surface area (Å²) in [7, 11) is 0. The Morgan fingerprint density at radius 3 is 2.22 bits per heavy atom. The zero-order valence-electron chi connectivity index (χ0n) is 11.6. The SMILES string of the molecule is CCc1ccc(-c2cccc(C(C)CC)c2)cc1. The molecular weight excluding hydrogens is 216 g/mol. The summed E-state index contributed by atoms with van der Waals surface area (Å²) in [5.41, 5.74) is 5.49. The van der Waals surface area contributed by atoms with E-state index in [2.05, 4.69) is 69.3 Å². The van der Waals surface area contributed by atoms with Crippen molar-refractivity contribution in [3.05, 3.63) is 59.7 Å². The van der Waals surface area contributed by atoms with E-state index in [1.807, 2.05) is 0 Å². The molecule has 0 radical (unpaired) electrons. The maximum absolute atomic E-state index is 2.33. The van der Waals surface area contributed by atoms with Crippen molar-refractivity contribution in [2.45, 2.75) is 39.5 Å². The van der Waals surface area contributed by atoms with Crippen LogP contribution in [-0.4, -0.2) is 0 Å². The summed E-state index contributed by atoms with van der Waals surface area (Å²) in [5, 5.41) is 0. The van der Waals surface area contributed by atoms with E-state index in [9.17, 15) is 0 Å². The Morgan fingerprint density at radius 2 is 1.61 bits per heavy atom. The van der Waals surface area contributed by atoms with Crippen molar-refractivity contribution < 1.29 is 0 Å². The first-order valence-electron chi connectivity index (χ1n) is 6.93. The van der Waals surface area contributed by atoms with Crippen molar-refractivity contribution in [2.75, 3.05) is 0 Å². The predicted octanol–water partition coefficient (Wildman–Crippen LogP) is 5.43. The van der Waals surface area contributed by atoms with E-state index in [-0.39, 0.29) is 0 Å². The van der Waals surface area contributed by atoms with Crippen LogP contribution in [0, 0.1) is 0 Å². The molecular formula is C18H22. The Bertz CT molecular complexity index is 494. The third-order valence-electron chi connectivity index (χ3n) is 3.76. The molecule has 0 saturated heterocycles. The van der Waals surface area contributed by atoms with Gasteiger partial charge in [0.2, 0.25) is 0 Å². The molecule has 0 heterocycles. The molecule has 2 rings (SSSR count). The van der Waals surface area contributed by atoms with Gasteiger partial charge in [-0.2, -0.15) is 0 Å². The van der Waals surface area contributed by atoms with Crippen LogP contribution in [-0.2, 0) is 6.42 Å². The standard InChI is InChI=1S/C18H22/c1-4-14(3)17-7-6-8-18(13-17)16-11-9-15(5-2)10-12-16/h6-14H,4-5H2,1-3H3. The maximum atomic E-state index is 2.33. The summed E-state index contributed by atoms with van der Waals surface area (Å²) < 4.78 is 0. The second-order valence-electron chi connectivity index (χ2n) is 4.99. The second-order valence-corrected chi connectivity index (χ2v) is 4.99. The molecule has 0 bridgehead atoms. The highest BCUT2D eigenvalue weighted by Gasteiger charge is 2.04. The van der Waals surface area contributed by atoms with Crippen LogP contribution in [0.3, 0.4) is 0 Å². The zero-order valence-corrected chi connectivity index (χ0v) is 11.6. The van der Waals surface area contributed by atoms with Crippen LogP contribution in [0.15, 0.2) is 48.5 Å². The number of hydrogen-bond donors (Lipinski definition) is 0. The van der Waals surface area contributed by atoms with Gasteiger partial charge in [0.05, 0.1) is 0 Å². The lowest BCUT2D eigenvalue weighted by Crippen LogP contribution is -1.91. The minimum absolute atomic E-state index is 0.639. The minimum atomic E-state index is 0.639. The fourth-order valence-electron chi connectivity index (χ4n) is 2.19. The van der Waals surface area contributed by atoms with E-state index >= 15 is 0 Å². The van der Waals surface area contributed by atoms with Gasteiger partial charge < -0.3 is 0 Å². The van der Waals surface area contributed by atoms with Crippen molar-refractivity contribution in [1.82, 2.24) is 0 Å². The van der Waals surface area contributed by atoms with Crippen LogP contribution in [0.1, 0.15) is 44.2 Å². The molecule has 0 aliphatic carbocycles. The first-order valence-corrected chi connectivity index (χ1v) is 6.93. The Labute approximate surface area is 111 Å². The molecule has 0 amide bonds. The summed E-state index contributed by atoms with van der Waals surface area (Å²) >= 11 is 0. The van der Waals surface area contributed by atoms with Crippen LogP contribution in [0.5, 0.6) is 0 Å². The molecule has 0 N–H and O–H groups in total. The van der Waals surface area contributed by atoms with Crippen LogP contribution in [0.2, 0.25) is 0 Å². The lowest BCUT2D eigenvalue weighted by Gasteiger charge is -2.11. The van der Waals surface area contributed by atoms with Gasteiger partial charge in [0.25, 0.3) is 0 Å². The molecule has 0 heteroatoms. The van der Waals surface area contributed by atoms with Crippen LogP contribution in [0.4, 0.5) is 0 Å². The Kier molecular flexibility index (Phi) is 4.19. The average Bonchev–Trinajstić information content (AvgIpc) is 2.46. The van der Waals surface area contributed by atoms with Gasteiger partial charge in [-0.15, -0.1) is 0 Å². The lowest BCUT2D eigenvalue weighted by atomic mass is 9.94. The first kappa shape index (κ1) is 12.9. The Hall–Kier alpha value is -1.56. The highest BCUT2D eigenvalue weighted by Crippen LogP contribution is 2.25. The number of aryl methyl sites for hydroxylation is 1. The maximum Gasteiger partial charge on any atom is -0.0181 e. The first-order chi connectivity index (χ1) is 8.74. The van der Waals surface area contributed by atoms with Gasteiger partial charge in [-0.25, -0.2) is 0 Å². The van der Waals surface area contributed by atoms with E-state index < -0.39 is 0 Å². The smallest absolute Gasteiger partial charge is 0.0181 e. The summed E-state index contributed by atoms with van der Waals surface area (Å²) in [6.07, 6.45) is 2.30. The molecule has 0 spiro atoms. The molecule has 0 aromatic heterocycles. The zero-order chi connectivity index (χ0) is 13.0. The van der Waals surface area contributed by atoms with E-state index in [0.29, 0.717) is 5.92 Å². The van der Waals surface area contributed by atoms with E-state index in [0.717, 1.165) is 6.42 Å². The third kappa shape index (κ3) is 2.81. The molecule has 0 saturated carbocycles. The highest BCUT2D eigenvalue weighted by molar-refractivity contribution is 5.64. The van der Waals surface area contributed by atoms with Gasteiger partial charge in [-0.05, 0) is 41.0 Å². The minimum Gasteiger partial charge on any atom is -0.0648 e. The van der Waals surface area contributed by atoms with Gasteiger partial charge in [0, 0.05) is 0 Å². The lowest BCUT2D eigenvalue weighted by molar-refractivity contribution is 0.734. The van der Waals surface area contributed by atoms with Gasteiger partial charge in [0.1, 0.15) is 0 Å². The molecule has 94 valence electrons.